The van der Waals surface area contributed by atoms with Gasteiger partial charge in [-0.3, -0.25) is 28.6 Å². The topological polar surface area (TPSA) is 190 Å². The number of nitrogens with zero attached hydrogens (tertiary/aromatic N) is 6. The Hall–Kier alpha value is -5.18. The van der Waals surface area contributed by atoms with Gasteiger partial charge in [-0.25, -0.2) is 19.5 Å². The second-order valence-corrected chi connectivity index (χ2v) is 19.0. The van der Waals surface area contributed by atoms with Crippen molar-refractivity contribution >= 4 is 54.6 Å². The minimum absolute atomic E-state index is 0.0191. The molecule has 0 aliphatic carbocycles. The largest absolute Gasteiger partial charge is 0.512 e. The maximum Gasteiger partial charge on any atom is 0.472 e. The minimum atomic E-state index is -4.47. The highest BCUT2D eigenvalue weighted by molar-refractivity contribution is 7.47. The van der Waals surface area contributed by atoms with Crippen molar-refractivity contribution in [3.05, 3.63) is 97.7 Å². The Kier molecular flexibility index (Phi) is 18.5. The number of allylic oxidation sites excluding steroid dienone is 8. The van der Waals surface area contributed by atoms with Crippen molar-refractivity contribution in [2.75, 3.05) is 47.5 Å². The van der Waals surface area contributed by atoms with E-state index in [1.807, 2.05) is 34.1 Å². The quantitative estimate of drug-likeness (QED) is 0.0525. The van der Waals surface area contributed by atoms with Crippen molar-refractivity contribution in [2.24, 2.45) is 25.0 Å². The van der Waals surface area contributed by atoms with Gasteiger partial charge >= 0.3 is 19.8 Å². The molecule has 0 saturated carbocycles. The molecule has 0 saturated heterocycles. The number of phosphoric acid groups is 1. The molecule has 66 heavy (non-hydrogen) atoms. The molecule has 5 rings (SSSR count). The van der Waals surface area contributed by atoms with Crippen molar-refractivity contribution in [3.8, 4) is 0 Å². The standard InChI is InChI=1S/C50H67N6O9P/c1-11-18-49(58)62-30-35(31-64-66(60,61)63-24-23-56(8,9)10)65-50(59)20-17-16-19-48(57)34-21-22-40-45(25-34)52-29-47-33(7)37(13-3)42(55-47)27-44-39(15-5)38(14-4)43(53-44)26-41-36(12-2)32(6)46(54-41)28-51-40/h21-22,25-29,35H,11-20,23-24,30-31H2,1-10H3,(H-,51,52,53,54,55,57,60,61)/p+1. The van der Waals surface area contributed by atoms with Gasteiger partial charge in [0.2, 0.25) is 0 Å². The van der Waals surface area contributed by atoms with E-state index in [-0.39, 0.29) is 38.2 Å². The number of hydrogen-bond donors (Lipinski definition) is 2. The number of aliphatic imine (C=N–C) groups is 4. The van der Waals surface area contributed by atoms with Crippen LogP contribution in [0.4, 0.5) is 5.69 Å². The third-order valence-corrected chi connectivity index (χ3v) is 12.6. The summed E-state index contributed by atoms with van der Waals surface area (Å²) in [6, 6.07) is 5.40. The lowest BCUT2D eigenvalue weighted by molar-refractivity contribution is -0.870. The number of fused-ring (bicyclic) bond motifs is 4. The van der Waals surface area contributed by atoms with E-state index in [0.717, 1.165) is 82.2 Å². The molecule has 6 bridgehead atoms. The zero-order valence-corrected chi connectivity index (χ0v) is 41.3. The Morgan fingerprint density at radius 1 is 0.742 bits per heavy atom. The monoisotopic (exact) mass is 927 g/mol. The fraction of sp³-hybridized carbons (Fsp3) is 0.500. The van der Waals surface area contributed by atoms with Crippen LogP contribution < -0.4 is 10.6 Å². The number of aliphatic hydroxyl groups is 1. The predicted octanol–water partition coefficient (Wildman–Crippen LogP) is 8.89. The molecule has 4 aliphatic heterocycles. The maximum atomic E-state index is 12.9. The molecular formula is C50H68N6O9P+. The molecular weight excluding hydrogens is 860 g/mol. The fourth-order valence-electron chi connectivity index (χ4n) is 7.85. The Bertz CT molecular complexity index is 2550. The number of phosphoric ester groups is 1. The zero-order valence-electron chi connectivity index (χ0n) is 40.4. The lowest BCUT2D eigenvalue weighted by atomic mass is 9.96. The second kappa shape index (κ2) is 23.5. The van der Waals surface area contributed by atoms with Crippen molar-refractivity contribution in [2.45, 2.75) is 119 Å². The summed E-state index contributed by atoms with van der Waals surface area (Å²) in [7, 11) is 1.27. The number of carbonyl (C=O) groups is 2. The highest BCUT2D eigenvalue weighted by atomic mass is 31.2. The normalized spacial score (nSPS) is 18.0. The number of quaternary nitrogens is 1. The molecule has 356 valence electrons. The SMILES string of the molecule is CCCC(=O)OCC(COP(=O)(O)OCC[N+](C)(C)C)OC(=O)CCCCC(O)=c1ccc2c(c1)N=CC1=NC(=CC3=NC(=CC4=NC(=CN=2)C(C)=C4CC)C(CC)=C3CC)C(CC)=C1C. The third-order valence-electron chi connectivity index (χ3n) is 11.6. The molecule has 2 unspecified atom stereocenters. The van der Waals surface area contributed by atoms with Gasteiger partial charge in [0.25, 0.3) is 0 Å². The lowest BCUT2D eigenvalue weighted by Crippen LogP contribution is -2.37. The van der Waals surface area contributed by atoms with Gasteiger partial charge < -0.3 is 24.0 Å². The van der Waals surface area contributed by atoms with Crippen molar-refractivity contribution in [1.29, 1.82) is 0 Å². The molecule has 16 heteroatoms. The van der Waals surface area contributed by atoms with E-state index in [4.69, 9.17) is 43.5 Å². The summed E-state index contributed by atoms with van der Waals surface area (Å²) in [5.74, 6) is -0.996. The summed E-state index contributed by atoms with van der Waals surface area (Å²) >= 11 is 0. The number of carbonyl (C=O) groups excluding carboxylic acids is 2. The predicted molar refractivity (Wildman–Crippen MR) is 260 cm³/mol. The van der Waals surface area contributed by atoms with Crippen LogP contribution in [0.1, 0.15) is 113 Å². The maximum absolute atomic E-state index is 12.9. The van der Waals surface area contributed by atoms with E-state index in [2.05, 4.69) is 53.7 Å². The first-order valence-corrected chi connectivity index (χ1v) is 24.6. The Labute approximate surface area is 389 Å². The van der Waals surface area contributed by atoms with Crippen LogP contribution in [-0.2, 0) is 32.7 Å². The van der Waals surface area contributed by atoms with Gasteiger partial charge in [0, 0.05) is 24.5 Å². The molecule has 0 aromatic heterocycles. The molecule has 1 aromatic rings. The number of benzene rings is 1. The van der Waals surface area contributed by atoms with Gasteiger partial charge in [-0.1, -0.05) is 34.6 Å². The summed E-state index contributed by atoms with van der Waals surface area (Å²) in [6.07, 6.45) is 11.7. The molecule has 4 heterocycles. The summed E-state index contributed by atoms with van der Waals surface area (Å²) in [5.41, 5.74) is 12.5. The number of unbranched alkanes of at least 4 members (excludes halogenated alkanes) is 1. The first-order valence-electron chi connectivity index (χ1n) is 23.1. The van der Waals surface area contributed by atoms with Gasteiger partial charge in [0.05, 0.1) is 91.2 Å². The summed E-state index contributed by atoms with van der Waals surface area (Å²) in [4.78, 5) is 60.3. The van der Waals surface area contributed by atoms with Crippen LogP contribution in [-0.4, -0.2) is 103 Å². The fourth-order valence-corrected chi connectivity index (χ4v) is 8.59. The lowest BCUT2D eigenvalue weighted by Gasteiger charge is -2.24. The molecule has 0 fully saturated rings. The average molecular weight is 928 g/mol. The summed E-state index contributed by atoms with van der Waals surface area (Å²) in [6.45, 7) is 14.1. The first-order chi connectivity index (χ1) is 31.4. The van der Waals surface area contributed by atoms with Gasteiger partial charge in [0.1, 0.15) is 19.8 Å². The molecule has 1 aromatic carbocycles. The van der Waals surface area contributed by atoms with E-state index < -0.39 is 32.5 Å². The number of hydrogen-bond acceptors (Lipinski definition) is 13. The van der Waals surface area contributed by atoms with Gasteiger partial charge in [-0.2, -0.15) is 0 Å². The minimum Gasteiger partial charge on any atom is -0.512 e. The van der Waals surface area contributed by atoms with Crippen molar-refractivity contribution in [1.82, 2.24) is 0 Å². The molecule has 15 nitrogen and oxygen atoms in total. The Balaban J connectivity index is 1.37. The summed E-state index contributed by atoms with van der Waals surface area (Å²) < 4.78 is 34.0. The Morgan fingerprint density at radius 3 is 2.05 bits per heavy atom. The van der Waals surface area contributed by atoms with Crippen LogP contribution in [0, 0.1) is 0 Å². The van der Waals surface area contributed by atoms with Crippen LogP contribution in [0.2, 0.25) is 0 Å². The van der Waals surface area contributed by atoms with Crippen molar-refractivity contribution in [3.63, 3.8) is 0 Å². The average Bonchev–Trinajstić information content (AvgIpc) is 3.87. The summed E-state index contributed by atoms with van der Waals surface area (Å²) in [5, 5.41) is 12.5. The van der Waals surface area contributed by atoms with Gasteiger partial charge in [-0.05, 0) is 123 Å². The van der Waals surface area contributed by atoms with E-state index in [9.17, 15) is 24.2 Å². The Morgan fingerprint density at radius 2 is 1.38 bits per heavy atom. The molecule has 0 radical (unpaired) electrons. The second-order valence-electron chi connectivity index (χ2n) is 17.5. The third kappa shape index (κ3) is 13.9. The van der Waals surface area contributed by atoms with Crippen molar-refractivity contribution < 1.29 is 47.2 Å². The van der Waals surface area contributed by atoms with Crippen LogP contribution in [0.5, 0.6) is 0 Å². The number of ether oxygens (including phenoxy) is 2. The molecule has 2 N–H and O–H groups in total. The van der Waals surface area contributed by atoms with Gasteiger partial charge in [-0.15, -0.1) is 0 Å². The zero-order chi connectivity index (χ0) is 48.2. The molecule has 4 aliphatic rings. The van der Waals surface area contributed by atoms with E-state index in [0.29, 0.717) is 46.6 Å². The van der Waals surface area contributed by atoms with Crippen LogP contribution in [0.15, 0.2) is 112 Å². The number of aliphatic hydroxyl groups excluding tert-OH is 1. The molecule has 0 spiro atoms. The van der Waals surface area contributed by atoms with E-state index >= 15 is 0 Å². The van der Waals surface area contributed by atoms with Crippen LogP contribution in [0.25, 0.3) is 5.76 Å². The highest BCUT2D eigenvalue weighted by Crippen LogP contribution is 2.43. The smallest absolute Gasteiger partial charge is 0.472 e. The van der Waals surface area contributed by atoms with Crippen LogP contribution in [0.3, 0.4) is 0 Å². The molecule has 0 amide bonds. The molecule has 2 atom stereocenters. The van der Waals surface area contributed by atoms with E-state index in [1.54, 1.807) is 24.5 Å². The highest BCUT2D eigenvalue weighted by Gasteiger charge is 2.28. The number of esters is 2. The van der Waals surface area contributed by atoms with E-state index in [1.165, 1.54) is 11.1 Å². The number of rotatable bonds is 21. The number of likely N-dealkylation sites (N-methyl/N-ethyl adjacent to an activating group) is 1. The van der Waals surface area contributed by atoms with Gasteiger partial charge in [0.15, 0.2) is 6.10 Å². The first kappa shape index (κ1) is 51.8. The van der Waals surface area contributed by atoms with Crippen LogP contribution >= 0.6 is 7.82 Å².